The van der Waals surface area contributed by atoms with E-state index < -0.39 is 0 Å². The Bertz CT molecular complexity index is 1070. The second-order valence-electron chi connectivity index (χ2n) is 7.45. The van der Waals surface area contributed by atoms with Crippen LogP contribution in [0, 0.1) is 0 Å². The Balaban J connectivity index is 1.35. The van der Waals surface area contributed by atoms with Crippen molar-refractivity contribution < 1.29 is 14.3 Å². The molecule has 0 spiro atoms. The van der Waals surface area contributed by atoms with Crippen molar-refractivity contribution in [2.45, 2.75) is 0 Å². The summed E-state index contributed by atoms with van der Waals surface area (Å²) in [5.74, 6) is 0.427. The van der Waals surface area contributed by atoms with Gasteiger partial charge in [0.25, 0.3) is 11.8 Å². The van der Waals surface area contributed by atoms with Gasteiger partial charge in [-0.25, -0.2) is 0 Å². The molecule has 1 heterocycles. The molecule has 164 valence electrons. The van der Waals surface area contributed by atoms with Crippen LogP contribution in [0.25, 0.3) is 0 Å². The van der Waals surface area contributed by atoms with Crippen LogP contribution in [0.1, 0.15) is 10.4 Å². The van der Waals surface area contributed by atoms with E-state index in [9.17, 15) is 9.59 Å². The highest BCUT2D eigenvalue weighted by Crippen LogP contribution is 2.27. The smallest absolute Gasteiger partial charge is 0.262 e. The summed E-state index contributed by atoms with van der Waals surface area (Å²) in [6, 6.07) is 23.9. The van der Waals surface area contributed by atoms with E-state index in [0.717, 1.165) is 11.4 Å². The van der Waals surface area contributed by atoms with Crippen molar-refractivity contribution in [3.63, 3.8) is 0 Å². The normalized spacial score (nSPS) is 13.5. The molecule has 0 aromatic heterocycles. The molecule has 0 atom stereocenters. The second-order valence-corrected chi connectivity index (χ2v) is 7.89. The van der Waals surface area contributed by atoms with Crippen molar-refractivity contribution in [2.24, 2.45) is 0 Å². The van der Waals surface area contributed by atoms with Gasteiger partial charge in [0.15, 0.2) is 6.61 Å². The van der Waals surface area contributed by atoms with Crippen LogP contribution < -0.4 is 15.0 Å². The maximum atomic E-state index is 12.7. The lowest BCUT2D eigenvalue weighted by atomic mass is 10.1. The third kappa shape index (κ3) is 5.39. The van der Waals surface area contributed by atoms with E-state index in [1.165, 1.54) is 0 Å². The molecule has 0 unspecified atom stereocenters. The van der Waals surface area contributed by atoms with Crippen molar-refractivity contribution in [1.29, 1.82) is 0 Å². The van der Waals surface area contributed by atoms with E-state index in [1.54, 1.807) is 24.3 Å². The number of ether oxygens (including phenoxy) is 1. The van der Waals surface area contributed by atoms with Crippen LogP contribution in [0.5, 0.6) is 5.75 Å². The van der Waals surface area contributed by atoms with Gasteiger partial charge < -0.3 is 19.9 Å². The average molecular weight is 450 g/mol. The Morgan fingerprint density at radius 2 is 1.50 bits per heavy atom. The van der Waals surface area contributed by atoms with Gasteiger partial charge in [-0.1, -0.05) is 41.9 Å². The van der Waals surface area contributed by atoms with Crippen LogP contribution >= 0.6 is 11.6 Å². The molecule has 2 amide bonds. The van der Waals surface area contributed by atoms with Crippen LogP contribution in [0.4, 0.5) is 11.4 Å². The number of benzene rings is 3. The van der Waals surface area contributed by atoms with Crippen molar-refractivity contribution in [3.05, 3.63) is 89.4 Å². The summed E-state index contributed by atoms with van der Waals surface area (Å²) < 4.78 is 5.54. The van der Waals surface area contributed by atoms with Gasteiger partial charge in [-0.05, 0) is 48.5 Å². The van der Waals surface area contributed by atoms with E-state index >= 15 is 0 Å². The van der Waals surface area contributed by atoms with Gasteiger partial charge in [0, 0.05) is 36.8 Å². The summed E-state index contributed by atoms with van der Waals surface area (Å²) in [6.45, 7) is 2.48. The van der Waals surface area contributed by atoms with Gasteiger partial charge in [0.05, 0.1) is 11.4 Å². The van der Waals surface area contributed by atoms with Gasteiger partial charge in [0.1, 0.15) is 5.75 Å². The standard InChI is InChI=1S/C25H24ClN3O3/c26-20-12-10-19(11-13-20)25(31)29-16-14-28(15-17-29)23-9-5-4-8-22(23)27-24(30)18-32-21-6-2-1-3-7-21/h1-13H,14-18H2,(H,27,30). The Hall–Kier alpha value is -3.51. The van der Waals surface area contributed by atoms with Gasteiger partial charge in [-0.3, -0.25) is 9.59 Å². The van der Waals surface area contributed by atoms with Crippen LogP contribution in [0.3, 0.4) is 0 Å². The summed E-state index contributed by atoms with van der Waals surface area (Å²) in [4.78, 5) is 29.2. The first-order chi connectivity index (χ1) is 15.6. The molecule has 0 saturated carbocycles. The molecule has 32 heavy (non-hydrogen) atoms. The van der Waals surface area contributed by atoms with E-state index in [4.69, 9.17) is 16.3 Å². The summed E-state index contributed by atoms with van der Waals surface area (Å²) >= 11 is 5.92. The van der Waals surface area contributed by atoms with Crippen molar-refractivity contribution >= 4 is 34.8 Å². The average Bonchev–Trinajstić information content (AvgIpc) is 2.84. The second kappa shape index (κ2) is 10.2. The minimum Gasteiger partial charge on any atom is -0.484 e. The fourth-order valence-electron chi connectivity index (χ4n) is 3.63. The fraction of sp³-hybridized carbons (Fsp3) is 0.200. The lowest BCUT2D eigenvalue weighted by Gasteiger charge is -2.37. The lowest BCUT2D eigenvalue weighted by molar-refractivity contribution is -0.118. The molecule has 0 bridgehead atoms. The van der Waals surface area contributed by atoms with E-state index in [2.05, 4.69) is 10.2 Å². The Labute approximate surface area is 192 Å². The molecule has 1 fully saturated rings. The van der Waals surface area contributed by atoms with Crippen LogP contribution in [0.15, 0.2) is 78.9 Å². The molecular weight excluding hydrogens is 426 g/mol. The molecule has 0 aliphatic carbocycles. The topological polar surface area (TPSA) is 61.9 Å². The fourth-order valence-corrected chi connectivity index (χ4v) is 3.76. The predicted molar refractivity (Wildman–Crippen MR) is 127 cm³/mol. The third-order valence-electron chi connectivity index (χ3n) is 5.29. The number of halogens is 1. The zero-order chi connectivity index (χ0) is 22.3. The quantitative estimate of drug-likeness (QED) is 0.608. The number of nitrogens with one attached hydrogen (secondary N) is 1. The number of anilines is 2. The maximum Gasteiger partial charge on any atom is 0.262 e. The van der Waals surface area contributed by atoms with Crippen LogP contribution in [-0.2, 0) is 4.79 Å². The van der Waals surface area contributed by atoms with E-state index in [0.29, 0.717) is 42.5 Å². The zero-order valence-corrected chi connectivity index (χ0v) is 18.3. The van der Waals surface area contributed by atoms with E-state index in [1.807, 2.05) is 59.5 Å². The summed E-state index contributed by atoms with van der Waals surface area (Å²) in [6.07, 6.45) is 0. The number of hydrogen-bond donors (Lipinski definition) is 1. The van der Waals surface area contributed by atoms with Gasteiger partial charge in [-0.15, -0.1) is 0 Å². The number of nitrogens with zero attached hydrogens (tertiary/aromatic N) is 2. The maximum absolute atomic E-state index is 12.7. The Morgan fingerprint density at radius 3 is 2.22 bits per heavy atom. The Morgan fingerprint density at radius 1 is 0.844 bits per heavy atom. The number of carbonyl (C=O) groups is 2. The van der Waals surface area contributed by atoms with Crippen molar-refractivity contribution in [2.75, 3.05) is 43.0 Å². The molecule has 7 heteroatoms. The van der Waals surface area contributed by atoms with Gasteiger partial charge in [0.2, 0.25) is 0 Å². The monoisotopic (exact) mass is 449 g/mol. The number of carbonyl (C=O) groups excluding carboxylic acids is 2. The molecule has 1 aliphatic rings. The minimum absolute atomic E-state index is 0.000894. The first-order valence-corrected chi connectivity index (χ1v) is 10.8. The summed E-state index contributed by atoms with van der Waals surface area (Å²) in [7, 11) is 0. The van der Waals surface area contributed by atoms with Gasteiger partial charge >= 0.3 is 0 Å². The Kier molecular flexibility index (Phi) is 6.92. The number of rotatable bonds is 6. The number of piperazine rings is 1. The lowest BCUT2D eigenvalue weighted by Crippen LogP contribution is -2.49. The number of hydrogen-bond acceptors (Lipinski definition) is 4. The number of para-hydroxylation sites is 3. The number of amides is 2. The molecule has 6 nitrogen and oxygen atoms in total. The molecule has 1 saturated heterocycles. The predicted octanol–water partition coefficient (Wildman–Crippen LogP) is 4.32. The molecule has 3 aromatic carbocycles. The van der Waals surface area contributed by atoms with E-state index in [-0.39, 0.29) is 18.4 Å². The van der Waals surface area contributed by atoms with Crippen molar-refractivity contribution in [1.82, 2.24) is 4.90 Å². The highest BCUT2D eigenvalue weighted by molar-refractivity contribution is 6.30. The molecule has 3 aromatic rings. The van der Waals surface area contributed by atoms with Crippen molar-refractivity contribution in [3.8, 4) is 5.75 Å². The van der Waals surface area contributed by atoms with Gasteiger partial charge in [-0.2, -0.15) is 0 Å². The third-order valence-corrected chi connectivity index (χ3v) is 5.54. The molecule has 1 aliphatic heterocycles. The first kappa shape index (κ1) is 21.7. The first-order valence-electron chi connectivity index (χ1n) is 10.5. The summed E-state index contributed by atoms with van der Waals surface area (Å²) in [5.41, 5.74) is 2.29. The summed E-state index contributed by atoms with van der Waals surface area (Å²) in [5, 5.41) is 3.55. The zero-order valence-electron chi connectivity index (χ0n) is 17.5. The molecule has 1 N–H and O–H groups in total. The van der Waals surface area contributed by atoms with Crippen LogP contribution in [-0.4, -0.2) is 49.5 Å². The SMILES string of the molecule is O=C(COc1ccccc1)Nc1ccccc1N1CCN(C(=O)c2ccc(Cl)cc2)CC1. The highest BCUT2D eigenvalue weighted by atomic mass is 35.5. The molecule has 0 radical (unpaired) electrons. The molecule has 4 rings (SSSR count). The van der Waals surface area contributed by atoms with Crippen LogP contribution in [0.2, 0.25) is 5.02 Å². The molecular formula is C25H24ClN3O3. The highest BCUT2D eigenvalue weighted by Gasteiger charge is 2.23. The minimum atomic E-state index is -0.224. The largest absolute Gasteiger partial charge is 0.484 e.